The van der Waals surface area contributed by atoms with Crippen LogP contribution in [0.3, 0.4) is 0 Å². The van der Waals surface area contributed by atoms with E-state index in [1.807, 2.05) is 54.6 Å². The third-order valence-electron chi connectivity index (χ3n) is 8.16. The van der Waals surface area contributed by atoms with E-state index in [1.165, 1.54) is 16.8 Å². The molecule has 5 nitrogen and oxygen atoms in total. The van der Waals surface area contributed by atoms with Crippen LogP contribution in [-0.2, 0) is 0 Å². The van der Waals surface area contributed by atoms with Crippen molar-refractivity contribution in [3.05, 3.63) is 157 Å². The number of aromatic nitrogens is 4. The Hall–Kier alpha value is -6.45. The van der Waals surface area contributed by atoms with Gasteiger partial charge < -0.3 is 4.57 Å². The van der Waals surface area contributed by atoms with Crippen molar-refractivity contribution in [3.63, 3.8) is 0 Å². The second-order valence-electron chi connectivity index (χ2n) is 11.0. The van der Waals surface area contributed by atoms with E-state index >= 15 is 4.39 Å². The van der Waals surface area contributed by atoms with Gasteiger partial charge in [0.1, 0.15) is 5.82 Å². The first kappa shape index (κ1) is 27.1. The molecule has 46 heavy (non-hydrogen) atoms. The molecule has 0 aliphatic heterocycles. The zero-order valence-corrected chi connectivity index (χ0v) is 24.5. The van der Waals surface area contributed by atoms with E-state index in [9.17, 15) is 5.26 Å². The Balaban J connectivity index is 1.26. The van der Waals surface area contributed by atoms with Gasteiger partial charge in [-0.1, -0.05) is 84.9 Å². The summed E-state index contributed by atoms with van der Waals surface area (Å²) in [4.78, 5) is 14.4. The average molecular weight is 594 g/mol. The Bertz CT molecular complexity index is 2390. The first-order valence-corrected chi connectivity index (χ1v) is 14.9. The van der Waals surface area contributed by atoms with Crippen LogP contribution in [0.15, 0.2) is 146 Å². The molecule has 0 amide bonds. The van der Waals surface area contributed by atoms with Crippen molar-refractivity contribution in [1.82, 2.24) is 19.5 Å². The van der Waals surface area contributed by atoms with E-state index in [1.54, 1.807) is 24.3 Å². The number of nitriles is 1. The Morgan fingerprint density at radius 2 is 1.04 bits per heavy atom. The van der Waals surface area contributed by atoms with Crippen molar-refractivity contribution in [3.8, 4) is 57.0 Å². The van der Waals surface area contributed by atoms with Gasteiger partial charge in [-0.15, -0.1) is 0 Å². The molecule has 0 atom stereocenters. The van der Waals surface area contributed by atoms with Crippen LogP contribution in [0.4, 0.5) is 4.39 Å². The number of rotatable bonds is 5. The van der Waals surface area contributed by atoms with Gasteiger partial charge in [-0.25, -0.2) is 19.3 Å². The lowest BCUT2D eigenvalue weighted by Crippen LogP contribution is -2.02. The summed E-state index contributed by atoms with van der Waals surface area (Å²) < 4.78 is 17.7. The van der Waals surface area contributed by atoms with Crippen LogP contribution in [0.1, 0.15) is 5.56 Å². The summed E-state index contributed by atoms with van der Waals surface area (Å²) in [7, 11) is 0. The molecule has 2 heterocycles. The van der Waals surface area contributed by atoms with Crippen LogP contribution >= 0.6 is 0 Å². The molecule has 0 aliphatic rings. The standard InChI is InChI=1S/C40H24FN5/c41-35-22-19-30(29-12-8-9-26(23-29)25-42)24-34(35)40-44-38(27-10-2-1-3-11-27)43-39(45-40)28-17-20-31(21-18-28)46-36-15-6-4-13-32(36)33-14-5-7-16-37(33)46/h1-24H. The molecule has 0 fully saturated rings. The second kappa shape index (κ2) is 11.2. The minimum absolute atomic E-state index is 0.228. The third-order valence-corrected chi connectivity index (χ3v) is 8.16. The van der Waals surface area contributed by atoms with Gasteiger partial charge in [-0.2, -0.15) is 5.26 Å². The van der Waals surface area contributed by atoms with Gasteiger partial charge in [0.15, 0.2) is 17.5 Å². The Kier molecular flexibility index (Phi) is 6.63. The van der Waals surface area contributed by atoms with Gasteiger partial charge in [0.05, 0.1) is 28.2 Å². The lowest BCUT2D eigenvalue weighted by atomic mass is 10.0. The lowest BCUT2D eigenvalue weighted by Gasteiger charge is -2.12. The number of halogens is 1. The molecule has 0 bridgehead atoms. The maximum atomic E-state index is 15.5. The molecule has 8 rings (SSSR count). The van der Waals surface area contributed by atoms with Crippen LogP contribution < -0.4 is 0 Å². The molecular weight excluding hydrogens is 569 g/mol. The molecule has 0 unspecified atom stereocenters. The third kappa shape index (κ3) is 4.77. The van der Waals surface area contributed by atoms with Crippen molar-refractivity contribution in [1.29, 1.82) is 5.26 Å². The molecule has 0 spiro atoms. The maximum absolute atomic E-state index is 15.5. The number of benzene rings is 6. The summed E-state index contributed by atoms with van der Waals surface area (Å²) in [6, 6.07) is 48.7. The van der Waals surface area contributed by atoms with E-state index in [0.29, 0.717) is 17.2 Å². The zero-order chi connectivity index (χ0) is 31.0. The van der Waals surface area contributed by atoms with Gasteiger partial charge in [0.2, 0.25) is 0 Å². The number of fused-ring (bicyclic) bond motifs is 3. The van der Waals surface area contributed by atoms with E-state index in [-0.39, 0.29) is 11.4 Å². The van der Waals surface area contributed by atoms with Gasteiger partial charge in [0.25, 0.3) is 0 Å². The number of para-hydroxylation sites is 2. The molecule has 216 valence electrons. The van der Waals surface area contributed by atoms with Crippen LogP contribution in [0, 0.1) is 17.1 Å². The molecule has 2 aromatic heterocycles. The molecule has 8 aromatic rings. The summed E-state index contributed by atoms with van der Waals surface area (Å²) in [5.41, 5.74) is 7.19. The fourth-order valence-corrected chi connectivity index (χ4v) is 5.95. The molecule has 0 N–H and O–H groups in total. The summed E-state index contributed by atoms with van der Waals surface area (Å²) in [6.07, 6.45) is 0. The van der Waals surface area contributed by atoms with Crippen LogP contribution in [0.5, 0.6) is 0 Å². The lowest BCUT2D eigenvalue weighted by molar-refractivity contribution is 0.630. The minimum Gasteiger partial charge on any atom is -0.309 e. The van der Waals surface area contributed by atoms with Gasteiger partial charge in [-0.05, 0) is 71.8 Å². The summed E-state index contributed by atoms with van der Waals surface area (Å²) in [6.45, 7) is 0. The van der Waals surface area contributed by atoms with Crippen LogP contribution in [0.25, 0.3) is 72.8 Å². The summed E-state index contributed by atoms with van der Waals surface area (Å²) in [5.74, 6) is 0.668. The van der Waals surface area contributed by atoms with Gasteiger partial charge >= 0.3 is 0 Å². The Labute approximate surface area is 264 Å². The van der Waals surface area contributed by atoms with Crippen LogP contribution in [0.2, 0.25) is 0 Å². The van der Waals surface area contributed by atoms with Crippen molar-refractivity contribution < 1.29 is 4.39 Å². The van der Waals surface area contributed by atoms with Crippen molar-refractivity contribution >= 4 is 21.8 Å². The minimum atomic E-state index is -0.446. The topological polar surface area (TPSA) is 67.4 Å². The fraction of sp³-hybridized carbons (Fsp3) is 0. The Morgan fingerprint density at radius 1 is 0.500 bits per heavy atom. The first-order chi connectivity index (χ1) is 22.7. The van der Waals surface area contributed by atoms with Crippen molar-refractivity contribution in [2.75, 3.05) is 0 Å². The van der Waals surface area contributed by atoms with E-state index in [4.69, 9.17) is 15.0 Å². The SMILES string of the molecule is N#Cc1cccc(-c2ccc(F)c(-c3nc(-c4ccccc4)nc(-c4ccc(-n5c6ccccc6c6ccccc65)cc4)n3)c2)c1. The average Bonchev–Trinajstić information content (AvgIpc) is 3.46. The smallest absolute Gasteiger partial charge is 0.167 e. The van der Waals surface area contributed by atoms with Crippen molar-refractivity contribution in [2.24, 2.45) is 0 Å². The normalized spacial score (nSPS) is 11.1. The monoisotopic (exact) mass is 593 g/mol. The summed E-state index contributed by atoms with van der Waals surface area (Å²) >= 11 is 0. The highest BCUT2D eigenvalue weighted by atomic mass is 19.1. The maximum Gasteiger partial charge on any atom is 0.167 e. The number of hydrogen-bond acceptors (Lipinski definition) is 4. The summed E-state index contributed by atoms with van der Waals surface area (Å²) in [5, 5.41) is 11.8. The van der Waals surface area contributed by atoms with Gasteiger partial charge in [0, 0.05) is 27.6 Å². The highest BCUT2D eigenvalue weighted by Gasteiger charge is 2.17. The van der Waals surface area contributed by atoms with E-state index < -0.39 is 5.82 Å². The zero-order valence-electron chi connectivity index (χ0n) is 24.5. The number of nitrogens with zero attached hydrogens (tertiary/aromatic N) is 5. The highest BCUT2D eigenvalue weighted by molar-refractivity contribution is 6.09. The van der Waals surface area contributed by atoms with Crippen molar-refractivity contribution in [2.45, 2.75) is 0 Å². The Morgan fingerprint density at radius 3 is 1.72 bits per heavy atom. The molecule has 0 radical (unpaired) electrons. The molecule has 6 aromatic carbocycles. The molecule has 0 saturated heterocycles. The molecule has 6 heteroatoms. The second-order valence-corrected chi connectivity index (χ2v) is 11.0. The highest BCUT2D eigenvalue weighted by Crippen LogP contribution is 2.34. The molecule has 0 saturated carbocycles. The fourth-order valence-electron chi connectivity index (χ4n) is 5.95. The molecule has 0 aliphatic carbocycles. The first-order valence-electron chi connectivity index (χ1n) is 14.9. The van der Waals surface area contributed by atoms with E-state index in [2.05, 4.69) is 71.3 Å². The quantitative estimate of drug-likeness (QED) is 0.199. The van der Waals surface area contributed by atoms with Gasteiger partial charge in [-0.3, -0.25) is 0 Å². The predicted octanol–water partition coefficient (Wildman–Crippen LogP) is 9.65. The predicted molar refractivity (Wildman–Crippen MR) is 181 cm³/mol. The van der Waals surface area contributed by atoms with Crippen LogP contribution in [-0.4, -0.2) is 19.5 Å². The molecular formula is C40H24FN5. The number of hydrogen-bond donors (Lipinski definition) is 0. The largest absolute Gasteiger partial charge is 0.309 e. The van der Waals surface area contributed by atoms with E-state index in [0.717, 1.165) is 39.0 Å².